The van der Waals surface area contributed by atoms with Crippen molar-refractivity contribution in [2.24, 2.45) is 8.73 Å². The van der Waals surface area contributed by atoms with Crippen LogP contribution < -0.4 is 0 Å². The molecule has 2 atom stereocenters. The van der Waals surface area contributed by atoms with Crippen LogP contribution in [0.3, 0.4) is 0 Å². The highest BCUT2D eigenvalue weighted by Gasteiger charge is 2.07. The van der Waals surface area contributed by atoms with Crippen LogP contribution in [0.5, 0.6) is 0 Å². The molecular weight excluding hydrogens is 522 g/mol. The first-order chi connectivity index (χ1) is 13.6. The summed E-state index contributed by atoms with van der Waals surface area (Å²) in [6.45, 7) is 0. The van der Waals surface area contributed by atoms with Gasteiger partial charge in [0.1, 0.15) is 10.3 Å². The number of nitriles is 2. The van der Waals surface area contributed by atoms with E-state index in [9.17, 15) is 4.21 Å². The van der Waals surface area contributed by atoms with E-state index in [-0.39, 0.29) is 36.5 Å². The van der Waals surface area contributed by atoms with Gasteiger partial charge in [0.05, 0.1) is 25.5 Å². The number of aromatic nitrogens is 2. The van der Waals surface area contributed by atoms with Gasteiger partial charge in [0.25, 0.3) is 0 Å². The molecule has 0 aromatic carbocycles. The summed E-state index contributed by atoms with van der Waals surface area (Å²) < 4.78 is 18.7. The molecule has 0 radical (unpaired) electrons. The Bertz CT molecular complexity index is 1120. The quantitative estimate of drug-likeness (QED) is 0.320. The van der Waals surface area contributed by atoms with E-state index < -0.39 is 9.73 Å². The lowest BCUT2D eigenvalue weighted by molar-refractivity contribution is 0.680. The van der Waals surface area contributed by atoms with E-state index in [0.29, 0.717) is 26.5 Å². The average molecular weight is 544 g/mol. The molecule has 2 heterocycles. The summed E-state index contributed by atoms with van der Waals surface area (Å²) in [6, 6.07) is 3.31. The third kappa shape index (κ3) is 12.2. The number of halogens is 4. The van der Waals surface area contributed by atoms with Crippen LogP contribution in [0.2, 0.25) is 20.4 Å². The van der Waals surface area contributed by atoms with Crippen molar-refractivity contribution in [3.05, 3.63) is 56.0 Å². The van der Waals surface area contributed by atoms with Crippen LogP contribution in [0.15, 0.2) is 33.3 Å². The molecule has 2 unspecified atom stereocenters. The SMILES string of the molecule is C.C.CS(=O)(Cc1cnc(Cl)c(Cl)c1)=NC#N.CS(Cc1cnc(Cl)c(Cl)c1)=NC#N. The molecule has 2 aromatic heterocycles. The topological polar surface area (TPSA) is 115 Å². The van der Waals surface area contributed by atoms with Gasteiger partial charge >= 0.3 is 0 Å². The summed E-state index contributed by atoms with van der Waals surface area (Å²) in [7, 11) is -2.86. The minimum atomic E-state index is -2.54. The van der Waals surface area contributed by atoms with E-state index in [2.05, 4.69) is 18.7 Å². The van der Waals surface area contributed by atoms with Crippen molar-refractivity contribution in [1.29, 1.82) is 10.5 Å². The standard InChI is InChI=1S/C8H7Cl2N3OS.C8H7Cl2N3S.2CH4/c1-15(14,13-5-11)4-6-2-7(9)8(10)12-3-6;1-14(13-5-11)4-6-2-7(9)8(10)12-3-6;;/h2-3H,4H2,1H3;2-3H,4H2,1H3;2*1H4. The zero-order valence-electron chi connectivity index (χ0n) is 15.1. The Hall–Kier alpha value is -1.46. The molecule has 0 aliphatic rings. The van der Waals surface area contributed by atoms with E-state index >= 15 is 0 Å². The van der Waals surface area contributed by atoms with E-state index in [4.69, 9.17) is 56.9 Å². The summed E-state index contributed by atoms with van der Waals surface area (Å²) in [4.78, 5) is 7.71. The normalized spacial score (nSPS) is 12.4. The van der Waals surface area contributed by atoms with Gasteiger partial charge in [-0.15, -0.1) is 4.36 Å². The largest absolute Gasteiger partial charge is 0.249 e. The first-order valence-electron chi connectivity index (χ1n) is 7.48. The molecule has 2 aromatic rings. The number of hydrogen-bond donors (Lipinski definition) is 0. The molecule has 0 fully saturated rings. The summed E-state index contributed by atoms with van der Waals surface area (Å²) >= 11 is 22.8. The molecule has 170 valence electrons. The van der Waals surface area contributed by atoms with E-state index in [1.54, 1.807) is 24.5 Å². The molecule has 31 heavy (non-hydrogen) atoms. The molecule has 13 heteroatoms. The maximum atomic E-state index is 11.7. The molecular formula is C18H22Cl4N6OS2. The third-order valence-electron chi connectivity index (χ3n) is 2.95. The monoisotopic (exact) mass is 542 g/mol. The Labute approximate surface area is 206 Å². The van der Waals surface area contributed by atoms with E-state index in [1.807, 2.05) is 6.26 Å². The van der Waals surface area contributed by atoms with Gasteiger partial charge in [-0.1, -0.05) is 71.9 Å². The van der Waals surface area contributed by atoms with Crippen molar-refractivity contribution in [2.75, 3.05) is 12.5 Å². The number of hydrogen-bond acceptors (Lipinski definition) is 7. The van der Waals surface area contributed by atoms with Crippen LogP contribution in [0.4, 0.5) is 0 Å². The molecule has 0 aliphatic carbocycles. The summed E-state index contributed by atoms with van der Waals surface area (Å²) in [6.07, 6.45) is 9.68. The molecule has 0 amide bonds. The predicted octanol–water partition coefficient (Wildman–Crippen LogP) is 6.54. The lowest BCUT2D eigenvalue weighted by Gasteiger charge is -2.02. The van der Waals surface area contributed by atoms with Crippen LogP contribution in [0.1, 0.15) is 26.0 Å². The maximum absolute atomic E-state index is 11.7. The zero-order chi connectivity index (χ0) is 22.0. The second kappa shape index (κ2) is 15.4. The van der Waals surface area contributed by atoms with Crippen LogP contribution in [0, 0.1) is 22.9 Å². The van der Waals surface area contributed by atoms with Crippen molar-refractivity contribution in [1.82, 2.24) is 9.97 Å². The first-order valence-corrected chi connectivity index (χ1v) is 12.8. The fourth-order valence-corrected chi connectivity index (χ4v) is 4.29. The summed E-state index contributed by atoms with van der Waals surface area (Å²) in [5, 5.41) is 17.9. The van der Waals surface area contributed by atoms with Gasteiger partial charge in [0.2, 0.25) is 12.4 Å². The average Bonchev–Trinajstić information content (AvgIpc) is 2.62. The van der Waals surface area contributed by atoms with Crippen molar-refractivity contribution in [3.8, 4) is 12.4 Å². The smallest absolute Gasteiger partial charge is 0.214 e. The lowest BCUT2D eigenvalue weighted by Crippen LogP contribution is -2.01. The molecule has 0 spiro atoms. The molecule has 0 saturated heterocycles. The highest BCUT2D eigenvalue weighted by atomic mass is 35.5. The molecule has 0 saturated carbocycles. The predicted molar refractivity (Wildman–Crippen MR) is 133 cm³/mol. The van der Waals surface area contributed by atoms with Gasteiger partial charge in [-0.3, -0.25) is 0 Å². The summed E-state index contributed by atoms with van der Waals surface area (Å²) in [5.41, 5.74) is 1.57. The van der Waals surface area contributed by atoms with E-state index in [0.717, 1.165) is 5.56 Å². The number of pyridine rings is 2. The van der Waals surface area contributed by atoms with Crippen molar-refractivity contribution in [3.63, 3.8) is 0 Å². The Morgan fingerprint density at radius 3 is 1.94 bits per heavy atom. The van der Waals surface area contributed by atoms with Crippen LogP contribution >= 0.6 is 46.4 Å². The van der Waals surface area contributed by atoms with Gasteiger partial charge in [0.15, 0.2) is 0 Å². The van der Waals surface area contributed by atoms with Crippen LogP contribution in [0.25, 0.3) is 0 Å². The van der Waals surface area contributed by atoms with Gasteiger partial charge in [-0.2, -0.15) is 14.9 Å². The van der Waals surface area contributed by atoms with Gasteiger partial charge < -0.3 is 0 Å². The second-order valence-corrected chi connectivity index (χ2v) is 11.1. The van der Waals surface area contributed by atoms with Gasteiger partial charge in [0, 0.05) is 24.4 Å². The second-order valence-electron chi connectivity index (χ2n) is 5.46. The molecule has 7 nitrogen and oxygen atoms in total. The van der Waals surface area contributed by atoms with Crippen LogP contribution in [-0.4, -0.2) is 26.7 Å². The maximum Gasteiger partial charge on any atom is 0.214 e. The molecule has 0 N–H and O–H groups in total. The fraction of sp³-hybridized carbons (Fsp3) is 0.333. The Morgan fingerprint density at radius 1 is 1.00 bits per heavy atom. The number of nitrogens with zero attached hydrogens (tertiary/aromatic N) is 6. The molecule has 0 bridgehead atoms. The van der Waals surface area contributed by atoms with Crippen molar-refractivity contribution in [2.45, 2.75) is 26.4 Å². The minimum absolute atomic E-state index is 0. The Balaban J connectivity index is 0. The van der Waals surface area contributed by atoms with Crippen molar-refractivity contribution >= 4 is 66.8 Å². The molecule has 0 aliphatic heterocycles. The third-order valence-corrected chi connectivity index (χ3v) is 6.80. The zero-order valence-corrected chi connectivity index (χ0v) is 19.8. The Kier molecular flexibility index (Phi) is 15.7. The lowest BCUT2D eigenvalue weighted by atomic mass is 10.3. The fourth-order valence-electron chi connectivity index (χ4n) is 1.85. The van der Waals surface area contributed by atoms with Gasteiger partial charge in [-0.25, -0.2) is 14.2 Å². The highest BCUT2D eigenvalue weighted by molar-refractivity contribution is 7.92. The first kappa shape index (κ1) is 31.7. The van der Waals surface area contributed by atoms with Crippen molar-refractivity contribution < 1.29 is 4.21 Å². The highest BCUT2D eigenvalue weighted by Crippen LogP contribution is 2.21. The summed E-state index contributed by atoms with van der Waals surface area (Å²) in [5.74, 6) is 0.794. The van der Waals surface area contributed by atoms with Gasteiger partial charge in [-0.05, 0) is 29.5 Å². The van der Waals surface area contributed by atoms with Crippen LogP contribution in [-0.2, 0) is 31.9 Å². The van der Waals surface area contributed by atoms with E-state index in [1.165, 1.54) is 18.6 Å². The minimum Gasteiger partial charge on any atom is -0.249 e. The number of rotatable bonds is 4. The Morgan fingerprint density at radius 2 is 1.48 bits per heavy atom. The molecule has 2 rings (SSSR count).